The van der Waals surface area contributed by atoms with Gasteiger partial charge in [-0.25, -0.2) is 0 Å². The van der Waals surface area contributed by atoms with Gasteiger partial charge in [0.1, 0.15) is 30.5 Å². The number of carbonyl (C=O) groups excluding carboxylic acids is 1. The predicted octanol–water partition coefficient (Wildman–Crippen LogP) is 1.78. The Balaban J connectivity index is 1.79. The fourth-order valence-corrected chi connectivity index (χ4v) is 3.74. The summed E-state index contributed by atoms with van der Waals surface area (Å²) >= 11 is 0. The summed E-state index contributed by atoms with van der Waals surface area (Å²) in [5.41, 5.74) is -2.24. The van der Waals surface area contributed by atoms with Gasteiger partial charge < -0.3 is 29.9 Å². The SMILES string of the molecule is CC1(O)C=C(OCCO)C=CC1CCC(=O)CCC1C=CC(OCCO)=CC1(C)O. The third kappa shape index (κ3) is 7.09. The molecular weight excluding hydrogens is 388 g/mol. The first-order chi connectivity index (χ1) is 14.2. The molecule has 4 N–H and O–H groups in total. The van der Waals surface area contributed by atoms with E-state index in [9.17, 15) is 15.0 Å². The average molecular weight is 423 g/mol. The van der Waals surface area contributed by atoms with Gasteiger partial charge in [0.25, 0.3) is 0 Å². The summed E-state index contributed by atoms with van der Waals surface area (Å²) in [5, 5.41) is 39.0. The second-order valence-electron chi connectivity index (χ2n) is 8.24. The van der Waals surface area contributed by atoms with E-state index in [2.05, 4.69) is 0 Å². The number of carbonyl (C=O) groups is 1. The topological polar surface area (TPSA) is 116 Å². The molecule has 0 heterocycles. The number of hydrogen-bond acceptors (Lipinski definition) is 7. The molecular formula is C23H34O7. The van der Waals surface area contributed by atoms with Crippen molar-refractivity contribution in [1.82, 2.24) is 0 Å². The van der Waals surface area contributed by atoms with Crippen molar-refractivity contribution in [3.8, 4) is 0 Å². The summed E-state index contributed by atoms with van der Waals surface area (Å²) < 4.78 is 10.7. The molecule has 7 nitrogen and oxygen atoms in total. The van der Waals surface area contributed by atoms with Gasteiger partial charge in [-0.15, -0.1) is 0 Å². The van der Waals surface area contributed by atoms with Crippen molar-refractivity contribution in [3.05, 3.63) is 48.0 Å². The van der Waals surface area contributed by atoms with Gasteiger partial charge in [0.15, 0.2) is 0 Å². The highest BCUT2D eigenvalue weighted by Gasteiger charge is 2.33. The summed E-state index contributed by atoms with van der Waals surface area (Å²) in [5.74, 6) is 0.710. The predicted molar refractivity (Wildman–Crippen MR) is 112 cm³/mol. The van der Waals surface area contributed by atoms with E-state index in [1.54, 1.807) is 38.2 Å². The highest BCUT2D eigenvalue weighted by atomic mass is 16.5. The molecule has 0 aromatic rings. The minimum Gasteiger partial charge on any atom is -0.491 e. The minimum absolute atomic E-state index is 0.0843. The smallest absolute Gasteiger partial charge is 0.132 e. The second-order valence-corrected chi connectivity index (χ2v) is 8.24. The Morgan fingerprint density at radius 3 is 1.60 bits per heavy atom. The molecule has 2 aliphatic carbocycles. The van der Waals surface area contributed by atoms with Crippen molar-refractivity contribution in [3.63, 3.8) is 0 Å². The zero-order valence-electron chi connectivity index (χ0n) is 17.8. The molecule has 0 spiro atoms. The molecule has 0 saturated carbocycles. The lowest BCUT2D eigenvalue weighted by atomic mass is 9.79. The van der Waals surface area contributed by atoms with Gasteiger partial charge in [0.2, 0.25) is 0 Å². The first-order valence-electron chi connectivity index (χ1n) is 10.4. The number of Topliss-reactive ketones (excluding diaryl/α,β-unsaturated/α-hetero) is 1. The van der Waals surface area contributed by atoms with Gasteiger partial charge in [-0.1, -0.05) is 12.2 Å². The maximum atomic E-state index is 12.4. The van der Waals surface area contributed by atoms with Crippen molar-refractivity contribution in [2.24, 2.45) is 11.8 Å². The van der Waals surface area contributed by atoms with Gasteiger partial charge in [-0.3, -0.25) is 4.79 Å². The molecule has 0 aromatic heterocycles. The summed E-state index contributed by atoms with van der Waals surface area (Å²) in [6.07, 6.45) is 12.1. The monoisotopic (exact) mass is 422 g/mol. The quantitative estimate of drug-likeness (QED) is 0.379. The number of aliphatic hydroxyl groups excluding tert-OH is 2. The Bertz CT molecular complexity index is 642. The summed E-state index contributed by atoms with van der Waals surface area (Å²) in [4.78, 5) is 12.4. The zero-order valence-corrected chi connectivity index (χ0v) is 17.8. The molecule has 2 rings (SSSR count). The molecule has 30 heavy (non-hydrogen) atoms. The molecule has 0 bridgehead atoms. The van der Waals surface area contributed by atoms with Crippen molar-refractivity contribution in [1.29, 1.82) is 0 Å². The highest BCUT2D eigenvalue weighted by Crippen LogP contribution is 2.33. The van der Waals surface area contributed by atoms with Gasteiger partial charge in [0.05, 0.1) is 24.4 Å². The van der Waals surface area contributed by atoms with E-state index in [0.717, 1.165) is 0 Å². The molecule has 0 fully saturated rings. The van der Waals surface area contributed by atoms with Crippen LogP contribution in [0.3, 0.4) is 0 Å². The molecule has 4 atom stereocenters. The van der Waals surface area contributed by atoms with E-state index >= 15 is 0 Å². The Labute approximate surface area is 178 Å². The van der Waals surface area contributed by atoms with Crippen LogP contribution in [0.2, 0.25) is 0 Å². The second kappa shape index (κ2) is 10.9. The number of allylic oxidation sites excluding steroid dienone is 2. The summed E-state index contributed by atoms with van der Waals surface area (Å²) in [6, 6.07) is 0. The molecule has 0 saturated heterocycles. The van der Waals surface area contributed by atoms with E-state index in [-0.39, 0.29) is 44.0 Å². The average Bonchev–Trinajstić information content (AvgIpc) is 2.68. The van der Waals surface area contributed by atoms with Gasteiger partial charge >= 0.3 is 0 Å². The van der Waals surface area contributed by atoms with Crippen molar-refractivity contribution >= 4 is 5.78 Å². The van der Waals surface area contributed by atoms with Crippen molar-refractivity contribution in [2.45, 2.75) is 50.7 Å². The molecule has 0 aromatic carbocycles. The maximum Gasteiger partial charge on any atom is 0.132 e. The number of hydrogen-bond donors (Lipinski definition) is 4. The first-order valence-corrected chi connectivity index (χ1v) is 10.4. The van der Waals surface area contributed by atoms with Gasteiger partial charge in [0, 0.05) is 24.7 Å². The molecule has 2 aliphatic rings. The van der Waals surface area contributed by atoms with Crippen LogP contribution in [0.4, 0.5) is 0 Å². The van der Waals surface area contributed by atoms with Crippen LogP contribution in [0.25, 0.3) is 0 Å². The van der Waals surface area contributed by atoms with E-state index in [0.29, 0.717) is 37.2 Å². The minimum atomic E-state index is -1.12. The van der Waals surface area contributed by atoms with Crippen LogP contribution in [0, 0.1) is 11.8 Å². The number of ether oxygens (including phenoxy) is 2. The molecule has 0 aliphatic heterocycles. The lowest BCUT2D eigenvalue weighted by Crippen LogP contribution is -2.34. The third-order valence-electron chi connectivity index (χ3n) is 5.54. The van der Waals surface area contributed by atoms with Crippen molar-refractivity contribution in [2.75, 3.05) is 26.4 Å². The van der Waals surface area contributed by atoms with E-state index < -0.39 is 11.2 Å². The fraction of sp³-hybridized carbons (Fsp3) is 0.609. The summed E-state index contributed by atoms with van der Waals surface area (Å²) in [7, 11) is 0. The van der Waals surface area contributed by atoms with Crippen LogP contribution in [-0.4, -0.2) is 63.8 Å². The first kappa shape index (κ1) is 24.3. The normalized spacial score (nSPS) is 30.6. The third-order valence-corrected chi connectivity index (χ3v) is 5.54. The van der Waals surface area contributed by atoms with Gasteiger partial charge in [-0.05, 0) is 51.0 Å². The Morgan fingerprint density at radius 1 is 0.867 bits per heavy atom. The molecule has 7 heteroatoms. The van der Waals surface area contributed by atoms with Crippen LogP contribution < -0.4 is 0 Å². The number of rotatable bonds is 12. The lowest BCUT2D eigenvalue weighted by molar-refractivity contribution is -0.120. The van der Waals surface area contributed by atoms with Crippen LogP contribution in [0.5, 0.6) is 0 Å². The molecule has 0 radical (unpaired) electrons. The van der Waals surface area contributed by atoms with E-state index in [1.165, 1.54) is 0 Å². The largest absolute Gasteiger partial charge is 0.491 e. The van der Waals surface area contributed by atoms with Crippen LogP contribution in [0.15, 0.2) is 48.0 Å². The Kier molecular flexibility index (Phi) is 8.85. The van der Waals surface area contributed by atoms with Crippen LogP contribution in [0.1, 0.15) is 39.5 Å². The molecule has 4 unspecified atom stereocenters. The van der Waals surface area contributed by atoms with E-state index in [1.807, 2.05) is 12.2 Å². The number of ketones is 1. The Morgan fingerprint density at radius 2 is 1.27 bits per heavy atom. The van der Waals surface area contributed by atoms with E-state index in [4.69, 9.17) is 19.7 Å². The van der Waals surface area contributed by atoms with Crippen molar-refractivity contribution < 1.29 is 34.7 Å². The van der Waals surface area contributed by atoms with Crippen LogP contribution in [-0.2, 0) is 14.3 Å². The maximum absolute atomic E-state index is 12.4. The number of aliphatic hydroxyl groups is 4. The van der Waals surface area contributed by atoms with Crippen LogP contribution >= 0.6 is 0 Å². The highest BCUT2D eigenvalue weighted by molar-refractivity contribution is 5.78. The molecule has 0 amide bonds. The van der Waals surface area contributed by atoms with Gasteiger partial charge in [-0.2, -0.15) is 0 Å². The standard InChI is InChI=1S/C23H34O7/c1-22(27)15-20(29-13-11-24)9-5-17(22)3-7-19(26)8-4-18-6-10-21(30-14-12-25)16-23(18,2)28/h5-6,9-10,15-18,24-25,27-28H,3-4,7-8,11-14H2,1-2H3. The summed E-state index contributed by atoms with van der Waals surface area (Å²) in [6.45, 7) is 3.50. The lowest BCUT2D eigenvalue weighted by Gasteiger charge is -2.32. The molecule has 168 valence electrons. The fourth-order valence-electron chi connectivity index (χ4n) is 3.74. The zero-order chi connectivity index (χ0) is 22.2. The Hall–Kier alpha value is -1.93.